The molecule has 0 fully saturated rings. The number of hydrogen-bond acceptors (Lipinski definition) is 18. The second kappa shape index (κ2) is 34.7. The normalized spacial score (nSPS) is 11.7. The summed E-state index contributed by atoms with van der Waals surface area (Å²) in [6, 6.07) is 118. The first-order chi connectivity index (χ1) is 62.8. The molecule has 19 heteroatoms. The first-order valence-corrected chi connectivity index (χ1v) is 41.4. The van der Waals surface area contributed by atoms with Crippen molar-refractivity contribution in [3.05, 3.63) is 380 Å². The lowest BCUT2D eigenvalue weighted by Gasteiger charge is -2.35. The summed E-state index contributed by atoms with van der Waals surface area (Å²) < 4.78 is 64.9. The molecule has 0 aromatic heterocycles. The van der Waals surface area contributed by atoms with Gasteiger partial charge in [-0.05, 0) is 324 Å². The van der Waals surface area contributed by atoms with Gasteiger partial charge in [-0.1, -0.05) is 48.5 Å². The van der Waals surface area contributed by atoms with Crippen molar-refractivity contribution in [3.63, 3.8) is 0 Å². The fraction of sp³-hybridized carbons (Fsp3) is 0.0826. The van der Waals surface area contributed by atoms with Crippen molar-refractivity contribution in [2.75, 3.05) is 93.4 Å². The third-order valence-electron chi connectivity index (χ3n) is 23.4. The number of carbonyl (C=O) groups excluding carboxylic acids is 1. The largest absolute Gasteiger partial charge is 0.497 e. The molecule has 0 atom stereocenters. The van der Waals surface area contributed by atoms with E-state index in [0.29, 0.717) is 28.6 Å². The van der Waals surface area contributed by atoms with Crippen LogP contribution in [0.1, 0.15) is 11.1 Å². The van der Waals surface area contributed by atoms with Crippen LogP contribution in [0.4, 0.5) is 102 Å². The second-order valence-electron chi connectivity index (χ2n) is 30.4. The average Bonchev–Trinajstić information content (AvgIpc) is 1.55. The first-order valence-electron chi connectivity index (χ1n) is 41.4. The van der Waals surface area contributed by atoms with E-state index in [1.807, 2.05) is 194 Å². The van der Waals surface area contributed by atoms with E-state index in [0.717, 1.165) is 193 Å². The summed E-state index contributed by atoms with van der Waals surface area (Å²) in [6.07, 6.45) is 0. The van der Waals surface area contributed by atoms with Crippen LogP contribution in [0.3, 0.4) is 0 Å². The summed E-state index contributed by atoms with van der Waals surface area (Å²) in [4.78, 5) is 31.2. The number of anilines is 18. The Morgan fingerprint density at radius 1 is 0.250 bits per heavy atom. The number of carbonyl (C=O) groups is 1. The highest BCUT2D eigenvalue weighted by atomic mass is 16.5. The van der Waals surface area contributed by atoms with E-state index in [1.165, 1.54) is 7.11 Å². The SMILES string of the molecule is [C-]#[N+]C(C(=O)OC)=C1c2cc(-c3ccc(N4c5ccc(N(c6ccc(OC)cc6)c6ccc(OC)cc6)cc5Oc5cc(N(c6ccc(OC)cc6)c6ccc(OC)cc6)ccc54)cc3)ccc2-c2ccc(-c3ccc(N4c5ccc(N(c6ccc(OC)cc6)c6ccc(OC)cc6)cc5Oc5cc(N(c6ccc(OC)cc6)c6ccc(OC)cc6)ccc54)cc3)cc21. The van der Waals surface area contributed by atoms with Gasteiger partial charge in [0.2, 0.25) is 0 Å². The minimum absolute atomic E-state index is 0.126. The van der Waals surface area contributed by atoms with Crippen molar-refractivity contribution >= 4 is 114 Å². The molecule has 0 saturated heterocycles. The molecule has 16 aromatic carbocycles. The van der Waals surface area contributed by atoms with Crippen molar-refractivity contribution in [2.45, 2.75) is 0 Å². The fourth-order valence-corrected chi connectivity index (χ4v) is 17.0. The average molecular weight is 1680 g/mol. The van der Waals surface area contributed by atoms with Crippen LogP contribution in [-0.4, -0.2) is 70.0 Å². The van der Waals surface area contributed by atoms with Gasteiger partial charge in [-0.25, -0.2) is 4.85 Å². The van der Waals surface area contributed by atoms with Gasteiger partial charge in [0.15, 0.2) is 23.0 Å². The minimum Gasteiger partial charge on any atom is -0.497 e. The topological polar surface area (TPSA) is 142 Å². The number of fused-ring (bicyclic) bond motifs is 7. The quantitative estimate of drug-likeness (QED) is 0.0304. The van der Waals surface area contributed by atoms with Crippen molar-refractivity contribution in [2.24, 2.45) is 0 Å². The minimum atomic E-state index is -0.736. The lowest BCUT2D eigenvalue weighted by atomic mass is 9.95. The van der Waals surface area contributed by atoms with Crippen molar-refractivity contribution in [1.82, 2.24) is 0 Å². The fourth-order valence-electron chi connectivity index (χ4n) is 17.0. The molecular weight excluding hydrogens is 1600 g/mol. The van der Waals surface area contributed by atoms with Gasteiger partial charge in [-0.2, -0.15) is 0 Å². The highest BCUT2D eigenvalue weighted by molar-refractivity contribution is 6.12. The second-order valence-corrected chi connectivity index (χ2v) is 30.4. The van der Waals surface area contributed by atoms with Crippen molar-refractivity contribution in [3.8, 4) is 102 Å². The predicted octanol–water partition coefficient (Wildman–Crippen LogP) is 28.0. The maximum atomic E-state index is 14.1. The molecule has 0 saturated carbocycles. The number of rotatable bonds is 25. The lowest BCUT2D eigenvalue weighted by molar-refractivity contribution is -0.135. The lowest BCUT2D eigenvalue weighted by Crippen LogP contribution is -2.18. The number of esters is 1. The molecule has 0 spiro atoms. The zero-order valence-corrected chi connectivity index (χ0v) is 71.5. The van der Waals surface area contributed by atoms with E-state index in [-0.39, 0.29) is 5.70 Å². The van der Waals surface area contributed by atoms with E-state index >= 15 is 0 Å². The Morgan fingerprint density at radius 2 is 0.461 bits per heavy atom. The highest BCUT2D eigenvalue weighted by Gasteiger charge is 2.35. The zero-order valence-electron chi connectivity index (χ0n) is 71.5. The monoisotopic (exact) mass is 1680 g/mol. The van der Waals surface area contributed by atoms with Crippen LogP contribution in [0.5, 0.6) is 69.0 Å². The maximum absolute atomic E-state index is 14.1. The molecule has 19 nitrogen and oxygen atoms in total. The number of ether oxygens (including phenoxy) is 11. The Morgan fingerprint density at radius 3 is 0.664 bits per heavy atom. The molecule has 0 N–H and O–H groups in total. The Bertz CT molecular complexity index is 6030. The molecule has 16 aromatic rings. The molecule has 628 valence electrons. The molecule has 1 aliphatic carbocycles. The van der Waals surface area contributed by atoms with Crippen LogP contribution < -0.4 is 76.8 Å². The van der Waals surface area contributed by atoms with E-state index in [9.17, 15) is 4.79 Å². The smallest absolute Gasteiger partial charge is 0.336 e. The highest BCUT2D eigenvalue weighted by Crippen LogP contribution is 2.58. The molecule has 19 rings (SSSR count). The molecule has 0 unspecified atom stereocenters. The van der Waals surface area contributed by atoms with Gasteiger partial charge in [0, 0.05) is 109 Å². The molecule has 0 amide bonds. The number of methoxy groups -OCH3 is 9. The number of nitrogens with zero attached hydrogens (tertiary/aromatic N) is 7. The summed E-state index contributed by atoms with van der Waals surface area (Å²) in [5.74, 6) is 7.56. The van der Waals surface area contributed by atoms with Gasteiger partial charge >= 0.3 is 5.97 Å². The molecule has 3 aliphatic rings. The first kappa shape index (κ1) is 80.7. The number of hydrogen-bond donors (Lipinski definition) is 0. The Labute approximate surface area is 742 Å². The van der Waals surface area contributed by atoms with Crippen LogP contribution in [-0.2, 0) is 9.53 Å². The van der Waals surface area contributed by atoms with E-state index < -0.39 is 5.97 Å². The van der Waals surface area contributed by atoms with E-state index in [1.54, 1.807) is 56.9 Å². The molecule has 0 radical (unpaired) electrons. The van der Waals surface area contributed by atoms with Crippen LogP contribution in [0.25, 0.3) is 43.8 Å². The molecule has 2 heterocycles. The van der Waals surface area contributed by atoms with E-state index in [2.05, 4.69) is 192 Å². The van der Waals surface area contributed by atoms with Crippen molar-refractivity contribution < 1.29 is 56.9 Å². The van der Waals surface area contributed by atoms with Gasteiger partial charge in [0.05, 0.1) is 93.3 Å². The summed E-state index contributed by atoms with van der Waals surface area (Å²) in [5.41, 5.74) is 22.6. The third-order valence-corrected chi connectivity index (χ3v) is 23.4. The van der Waals surface area contributed by atoms with Gasteiger partial charge in [0.25, 0.3) is 5.70 Å². The zero-order chi connectivity index (χ0) is 87.6. The van der Waals surface area contributed by atoms with Crippen LogP contribution in [0.15, 0.2) is 358 Å². The molecule has 0 bridgehead atoms. The van der Waals surface area contributed by atoms with E-state index in [4.69, 9.17) is 58.7 Å². The summed E-state index contributed by atoms with van der Waals surface area (Å²) in [7, 11) is 14.6. The summed E-state index contributed by atoms with van der Waals surface area (Å²) >= 11 is 0. The molecule has 2 aliphatic heterocycles. The standard InChI is InChI=1S/C109H85N7O12/c1-110-108(109(117)126-10)107-97-63-71(69-11-17-81(18-12-69)115-99-59-37-83(111(73-21-41-87(118-2)42-22-73)74-23-43-88(119-3)44-24-74)65-103(99)127-104-66-84(38-60-100(104)115)112(75-25-45-89(120-4)46-26-75)76-27-47-90(121-5)48-28-76)15-57-95(97)96-58-16-72(64-98(96)107)70-13-19-82(20-14-70)116-101-61-39-85(113(77-29-49-91(122-6)50-30-77)78-31-51-92(123-7)52-32-78)67-105(101)128-106-68-86(40-62-102(106)116)114(79-33-53-93(124-8)54-34-79)80-35-55-94(125-9)56-36-80/h11-68H,2-10H3. The van der Waals surface area contributed by atoms with Gasteiger partial charge in [-0.3, -0.25) is 4.79 Å². The summed E-state index contributed by atoms with van der Waals surface area (Å²) in [6.45, 7) is 8.68. The summed E-state index contributed by atoms with van der Waals surface area (Å²) in [5, 5.41) is 0. The maximum Gasteiger partial charge on any atom is 0.336 e. The molecular formula is C109H85N7O12. The Kier molecular flexibility index (Phi) is 21.9. The van der Waals surface area contributed by atoms with Gasteiger partial charge < -0.3 is 81.5 Å². The molecule has 128 heavy (non-hydrogen) atoms. The third kappa shape index (κ3) is 15.2. The van der Waals surface area contributed by atoms with Gasteiger partial charge in [-0.15, -0.1) is 0 Å². The van der Waals surface area contributed by atoms with Crippen molar-refractivity contribution in [1.29, 1.82) is 0 Å². The van der Waals surface area contributed by atoms with Crippen LogP contribution >= 0.6 is 0 Å². The Balaban J connectivity index is 0.677. The van der Waals surface area contributed by atoms with Crippen LogP contribution in [0.2, 0.25) is 0 Å². The van der Waals surface area contributed by atoms with Crippen LogP contribution in [0, 0.1) is 6.57 Å². The number of benzene rings is 16. The Hall–Kier alpha value is -17.0. The van der Waals surface area contributed by atoms with Gasteiger partial charge in [0.1, 0.15) is 46.0 Å². The predicted molar refractivity (Wildman–Crippen MR) is 508 cm³/mol.